The number of hydrogen-bond donors (Lipinski definition) is 4. The number of benzene rings is 1. The first kappa shape index (κ1) is 24.5. The van der Waals surface area contributed by atoms with Crippen LogP contribution in [0.1, 0.15) is 33.8 Å². The van der Waals surface area contributed by atoms with Crippen molar-refractivity contribution in [2.24, 2.45) is 0 Å². The van der Waals surface area contributed by atoms with Crippen molar-refractivity contribution in [3.63, 3.8) is 0 Å². The van der Waals surface area contributed by atoms with Gasteiger partial charge < -0.3 is 26.2 Å². The largest absolute Gasteiger partial charge is 0.370 e. The van der Waals surface area contributed by atoms with Crippen molar-refractivity contribution in [1.29, 1.82) is 0 Å². The summed E-state index contributed by atoms with van der Waals surface area (Å²) in [5, 5.41) is 12.2. The van der Waals surface area contributed by atoms with E-state index in [-0.39, 0.29) is 11.9 Å². The normalized spacial score (nSPS) is 12.9. The number of nitrogens with zero attached hydrogens (tertiary/aromatic N) is 3. The molecule has 1 aromatic carbocycles. The molecule has 0 bridgehead atoms. The molecule has 1 fully saturated rings. The van der Waals surface area contributed by atoms with Crippen LogP contribution in [0.3, 0.4) is 0 Å². The Kier molecular flexibility index (Phi) is 8.20. The second-order valence-corrected chi connectivity index (χ2v) is 9.56. The number of anilines is 4. The molecule has 3 aromatic rings. The zero-order valence-electron chi connectivity index (χ0n) is 19.6. The van der Waals surface area contributed by atoms with E-state index in [0.717, 1.165) is 36.5 Å². The Morgan fingerprint density at radius 2 is 1.91 bits per heavy atom. The van der Waals surface area contributed by atoms with Crippen LogP contribution in [-0.4, -0.2) is 60.8 Å². The topological polar surface area (TPSA) is 111 Å². The number of rotatable bonds is 9. The maximum atomic E-state index is 12.3. The lowest BCUT2D eigenvalue weighted by atomic mass is 9.99. The third-order valence-corrected chi connectivity index (χ3v) is 6.48. The molecule has 0 unspecified atom stereocenters. The lowest BCUT2D eigenvalue weighted by Crippen LogP contribution is -2.32. The number of aromatic nitrogens is 2. The van der Waals surface area contributed by atoms with E-state index in [1.807, 2.05) is 48.2 Å². The Morgan fingerprint density at radius 3 is 2.69 bits per heavy atom. The van der Waals surface area contributed by atoms with Crippen LogP contribution >= 0.6 is 11.3 Å². The van der Waals surface area contributed by atoms with Crippen molar-refractivity contribution in [1.82, 2.24) is 20.2 Å². The van der Waals surface area contributed by atoms with E-state index in [2.05, 4.69) is 31.2 Å². The molecule has 9 nitrogen and oxygen atoms in total. The number of urea groups is 1. The summed E-state index contributed by atoms with van der Waals surface area (Å²) in [6.45, 7) is 4.68. The van der Waals surface area contributed by atoms with E-state index in [1.165, 1.54) is 17.5 Å². The van der Waals surface area contributed by atoms with Crippen LogP contribution in [0.25, 0.3) is 0 Å². The molecule has 180 valence electrons. The highest BCUT2D eigenvalue weighted by atomic mass is 32.1. The Balaban J connectivity index is 1.27. The fraction of sp³-hybridized carbons (Fsp3) is 0.333. The Morgan fingerprint density at radius 1 is 1.11 bits per heavy atom. The first-order chi connectivity index (χ1) is 17.0. The summed E-state index contributed by atoms with van der Waals surface area (Å²) in [5.41, 5.74) is 1.87. The van der Waals surface area contributed by atoms with Gasteiger partial charge in [0.2, 0.25) is 5.95 Å². The quantitative estimate of drug-likeness (QED) is 0.271. The van der Waals surface area contributed by atoms with Gasteiger partial charge in [-0.25, -0.2) is 9.78 Å². The molecule has 1 aliphatic rings. The maximum absolute atomic E-state index is 12.3. The third kappa shape index (κ3) is 6.95. The van der Waals surface area contributed by atoms with Crippen LogP contribution in [0, 0.1) is 6.92 Å². The summed E-state index contributed by atoms with van der Waals surface area (Å²) < 4.78 is 0. The zero-order chi connectivity index (χ0) is 24.6. The number of hydrogen-bond acceptors (Lipinski definition) is 7. The number of nitrogens with one attached hydrogen (secondary N) is 4. The first-order valence-electron chi connectivity index (χ1n) is 11.6. The number of likely N-dealkylation sites (tertiary alicyclic amines) is 1. The average molecular weight is 489 g/mol. The highest BCUT2D eigenvalue weighted by Crippen LogP contribution is 2.20. The van der Waals surface area contributed by atoms with Crippen LogP contribution < -0.4 is 26.7 Å². The number of carbonyl (C=O) groups is 2. The second kappa shape index (κ2) is 11.7. The van der Waals surface area contributed by atoms with Gasteiger partial charge in [-0.05, 0) is 62.0 Å². The van der Waals surface area contributed by atoms with E-state index in [0.29, 0.717) is 47.3 Å². The molecule has 35 heavy (non-hydrogen) atoms. The summed E-state index contributed by atoms with van der Waals surface area (Å²) in [4.78, 5) is 36.8. The molecule has 0 aliphatic carbocycles. The van der Waals surface area contributed by atoms with Crippen LogP contribution in [0.15, 0.2) is 42.6 Å². The van der Waals surface area contributed by atoms with Crippen LogP contribution in [0.5, 0.6) is 0 Å². The van der Waals surface area contributed by atoms with Crippen molar-refractivity contribution >= 4 is 59.7 Å². The summed E-state index contributed by atoms with van der Waals surface area (Å²) in [6, 6.07) is 11.1. The summed E-state index contributed by atoms with van der Waals surface area (Å²) in [6.07, 6.45) is 4.34. The molecular formula is C24H28BN7O2S. The number of aryl methyl sites for hydroxylation is 1. The Bertz CT molecular complexity index is 1180. The minimum Gasteiger partial charge on any atom is -0.370 e. The highest BCUT2D eigenvalue weighted by Gasteiger charge is 2.17. The predicted octanol–water partition coefficient (Wildman–Crippen LogP) is 3.24. The van der Waals surface area contributed by atoms with E-state index >= 15 is 0 Å². The SMILES string of the molecule is [B]c1cnc(Nc2cccc(NC(=O)N3CCCC3)c2)nc1NCCCNC(=O)c1ccc(C)s1. The molecule has 3 heterocycles. The minimum absolute atomic E-state index is 0.0602. The minimum atomic E-state index is -0.0865. The maximum Gasteiger partial charge on any atom is 0.321 e. The Labute approximate surface area is 210 Å². The molecule has 2 aromatic heterocycles. The highest BCUT2D eigenvalue weighted by molar-refractivity contribution is 7.13. The van der Waals surface area contributed by atoms with Gasteiger partial charge in [-0.15, -0.1) is 11.3 Å². The van der Waals surface area contributed by atoms with Gasteiger partial charge >= 0.3 is 6.03 Å². The molecular weight excluding hydrogens is 461 g/mol. The third-order valence-electron chi connectivity index (χ3n) is 5.48. The molecule has 1 aliphatic heterocycles. The number of carbonyl (C=O) groups excluding carboxylic acids is 2. The molecule has 3 amide bonds. The summed E-state index contributed by atoms with van der Waals surface area (Å²) >= 11 is 1.48. The van der Waals surface area contributed by atoms with Gasteiger partial charge in [0, 0.05) is 48.6 Å². The predicted molar refractivity (Wildman–Crippen MR) is 141 cm³/mol. The van der Waals surface area contributed by atoms with E-state index in [9.17, 15) is 9.59 Å². The Hall–Kier alpha value is -3.60. The van der Waals surface area contributed by atoms with Crippen LogP contribution in [0.4, 0.5) is 27.9 Å². The molecule has 0 atom stereocenters. The van der Waals surface area contributed by atoms with Gasteiger partial charge in [0.15, 0.2) is 0 Å². The molecule has 11 heteroatoms. The smallest absolute Gasteiger partial charge is 0.321 e. The molecule has 0 saturated carbocycles. The fourth-order valence-corrected chi connectivity index (χ4v) is 4.44. The van der Waals surface area contributed by atoms with Crippen molar-refractivity contribution in [2.45, 2.75) is 26.2 Å². The number of amides is 3. The van der Waals surface area contributed by atoms with Crippen LogP contribution in [0.2, 0.25) is 0 Å². The first-order valence-corrected chi connectivity index (χ1v) is 12.4. The molecule has 2 radical (unpaired) electrons. The standard InChI is InChI=1S/C24H28BN7O2S/c1-16-8-9-20(35-16)22(33)27-11-5-10-26-21-19(25)15-28-23(31-21)29-17-6-4-7-18(14-17)30-24(34)32-12-2-3-13-32/h4,6-9,14-15H,2-3,5,10-13H2,1H3,(H,27,33)(H,30,34)(H2,26,28,29,31). The summed E-state index contributed by atoms with van der Waals surface area (Å²) in [5.74, 6) is 0.835. The molecule has 4 rings (SSSR count). The van der Waals surface area contributed by atoms with Gasteiger partial charge in [0.05, 0.1) is 4.88 Å². The lowest BCUT2D eigenvalue weighted by Gasteiger charge is -2.16. The van der Waals surface area contributed by atoms with Gasteiger partial charge in [0.25, 0.3) is 5.91 Å². The average Bonchev–Trinajstić information content (AvgIpc) is 3.53. The van der Waals surface area contributed by atoms with Gasteiger partial charge in [-0.3, -0.25) is 4.79 Å². The van der Waals surface area contributed by atoms with Crippen molar-refractivity contribution in [3.05, 3.63) is 52.3 Å². The van der Waals surface area contributed by atoms with E-state index < -0.39 is 0 Å². The van der Waals surface area contributed by atoms with Gasteiger partial charge in [-0.1, -0.05) is 6.07 Å². The van der Waals surface area contributed by atoms with Gasteiger partial charge in [-0.2, -0.15) is 4.98 Å². The zero-order valence-corrected chi connectivity index (χ0v) is 20.5. The summed E-state index contributed by atoms with van der Waals surface area (Å²) in [7, 11) is 6.03. The van der Waals surface area contributed by atoms with E-state index in [1.54, 1.807) is 0 Å². The van der Waals surface area contributed by atoms with Crippen molar-refractivity contribution < 1.29 is 9.59 Å². The second-order valence-electron chi connectivity index (χ2n) is 8.27. The van der Waals surface area contributed by atoms with E-state index in [4.69, 9.17) is 7.85 Å². The van der Waals surface area contributed by atoms with Crippen LogP contribution in [-0.2, 0) is 0 Å². The molecule has 4 N–H and O–H groups in total. The molecule has 0 spiro atoms. The number of thiophene rings is 1. The molecule has 1 saturated heterocycles. The lowest BCUT2D eigenvalue weighted by molar-refractivity contribution is 0.0957. The van der Waals surface area contributed by atoms with Gasteiger partial charge in [0.1, 0.15) is 13.7 Å². The fourth-order valence-electron chi connectivity index (χ4n) is 3.66. The van der Waals surface area contributed by atoms with Crippen molar-refractivity contribution in [3.8, 4) is 0 Å². The monoisotopic (exact) mass is 489 g/mol. The van der Waals surface area contributed by atoms with Crippen molar-refractivity contribution in [2.75, 3.05) is 42.1 Å².